The van der Waals surface area contributed by atoms with Crippen LogP contribution in [0.4, 0.5) is 20.2 Å². The summed E-state index contributed by atoms with van der Waals surface area (Å²) in [5.74, 6) is -0.0185. The number of thioether (sulfide) groups is 1. The molecular weight excluding hydrogens is 450 g/mol. The third-order valence-corrected chi connectivity index (χ3v) is 6.23. The lowest BCUT2D eigenvalue weighted by molar-refractivity contribution is -0.120. The van der Waals surface area contributed by atoms with Gasteiger partial charge in [-0.15, -0.1) is 11.8 Å². The van der Waals surface area contributed by atoms with Gasteiger partial charge in [0.25, 0.3) is 0 Å². The number of ether oxygens (including phenoxy) is 2. The molecule has 0 saturated heterocycles. The smallest absolute Gasteiger partial charge is 0.387 e. The summed E-state index contributed by atoms with van der Waals surface area (Å²) in [5, 5.41) is 4.97. The Bertz CT molecular complexity index is 1170. The number of benzene rings is 3. The van der Waals surface area contributed by atoms with E-state index >= 15 is 0 Å². The first-order chi connectivity index (χ1) is 15.9. The van der Waals surface area contributed by atoms with Gasteiger partial charge < -0.3 is 20.1 Å². The molecule has 2 amide bonds. The second-order valence-corrected chi connectivity index (χ2v) is 8.41. The maximum Gasteiger partial charge on any atom is 0.387 e. The fourth-order valence-electron chi connectivity index (χ4n) is 3.41. The zero-order chi connectivity index (χ0) is 23.4. The van der Waals surface area contributed by atoms with E-state index in [-0.39, 0.29) is 24.0 Å². The number of carbonyl (C=O) groups excluding carboxylic acids is 2. The van der Waals surface area contributed by atoms with Crippen LogP contribution in [0.5, 0.6) is 11.5 Å². The van der Waals surface area contributed by atoms with Crippen molar-refractivity contribution in [3.63, 3.8) is 0 Å². The molecule has 170 valence electrons. The van der Waals surface area contributed by atoms with Crippen LogP contribution in [0, 0.1) is 0 Å². The second-order valence-electron chi connectivity index (χ2n) is 7.16. The number of carbonyl (C=O) groups is 2. The molecular formula is C24H20F2N2O4S. The molecule has 0 aromatic heterocycles. The zero-order valence-corrected chi connectivity index (χ0v) is 18.3. The number of fused-ring (bicyclic) bond motifs is 1. The molecule has 0 saturated carbocycles. The summed E-state index contributed by atoms with van der Waals surface area (Å²) in [6, 6.07) is 18.6. The first kappa shape index (κ1) is 22.6. The van der Waals surface area contributed by atoms with Gasteiger partial charge in [0.2, 0.25) is 11.8 Å². The van der Waals surface area contributed by atoms with Crippen molar-refractivity contribution in [2.75, 3.05) is 17.7 Å². The van der Waals surface area contributed by atoms with Gasteiger partial charge in [0.05, 0.1) is 18.0 Å². The Labute approximate surface area is 193 Å². The number of hydrogen-bond donors (Lipinski definition) is 2. The Morgan fingerprint density at radius 2 is 1.88 bits per heavy atom. The minimum absolute atomic E-state index is 0.0213. The van der Waals surface area contributed by atoms with Crippen molar-refractivity contribution in [1.82, 2.24) is 0 Å². The molecule has 3 aromatic rings. The number of anilines is 2. The van der Waals surface area contributed by atoms with Gasteiger partial charge in [0.15, 0.2) is 0 Å². The van der Waals surface area contributed by atoms with E-state index in [0.717, 1.165) is 10.6 Å². The van der Waals surface area contributed by atoms with Crippen LogP contribution in [-0.2, 0) is 9.59 Å². The van der Waals surface area contributed by atoms with Crippen LogP contribution in [0.15, 0.2) is 71.6 Å². The molecule has 0 bridgehead atoms. The lowest BCUT2D eigenvalue weighted by atomic mass is 10.0. The number of methoxy groups -OCH3 is 1. The number of rotatable bonds is 7. The summed E-state index contributed by atoms with van der Waals surface area (Å²) in [4.78, 5) is 25.9. The van der Waals surface area contributed by atoms with Crippen LogP contribution in [0.3, 0.4) is 0 Å². The normalized spacial score (nSPS) is 14.9. The van der Waals surface area contributed by atoms with Gasteiger partial charge in [0.1, 0.15) is 11.5 Å². The summed E-state index contributed by atoms with van der Waals surface area (Å²) in [6.45, 7) is -2.99. The van der Waals surface area contributed by atoms with Crippen LogP contribution < -0.4 is 20.1 Å². The Balaban J connectivity index is 1.51. The fourth-order valence-corrected chi connectivity index (χ4v) is 4.52. The predicted molar refractivity (Wildman–Crippen MR) is 123 cm³/mol. The van der Waals surface area contributed by atoms with Crippen LogP contribution >= 0.6 is 11.8 Å². The summed E-state index contributed by atoms with van der Waals surface area (Å²) < 4.78 is 35.6. The van der Waals surface area contributed by atoms with Gasteiger partial charge >= 0.3 is 6.61 Å². The highest BCUT2D eigenvalue weighted by Gasteiger charge is 2.29. The molecule has 2 N–H and O–H groups in total. The van der Waals surface area contributed by atoms with E-state index in [9.17, 15) is 18.4 Å². The van der Waals surface area contributed by atoms with Crippen molar-refractivity contribution in [2.45, 2.75) is 23.2 Å². The van der Waals surface area contributed by atoms with Crippen LogP contribution in [-0.4, -0.2) is 30.8 Å². The molecule has 6 nitrogen and oxygen atoms in total. The van der Waals surface area contributed by atoms with E-state index in [1.54, 1.807) is 36.4 Å². The number of nitrogens with one attached hydrogen (secondary N) is 2. The summed E-state index contributed by atoms with van der Waals surface area (Å²) in [6.07, 6.45) is -0.0437. The van der Waals surface area contributed by atoms with E-state index in [0.29, 0.717) is 22.6 Å². The second kappa shape index (κ2) is 9.91. The highest BCUT2D eigenvalue weighted by atomic mass is 32.2. The Hall–Kier alpha value is -3.59. The van der Waals surface area contributed by atoms with E-state index in [2.05, 4.69) is 15.4 Å². The van der Waals surface area contributed by atoms with E-state index in [1.807, 2.05) is 18.2 Å². The Morgan fingerprint density at radius 1 is 1.12 bits per heavy atom. The van der Waals surface area contributed by atoms with Crippen molar-refractivity contribution < 1.29 is 27.8 Å². The molecule has 1 aliphatic rings. The van der Waals surface area contributed by atoms with E-state index in [1.165, 1.54) is 31.0 Å². The van der Waals surface area contributed by atoms with Crippen molar-refractivity contribution >= 4 is 35.0 Å². The molecule has 3 aromatic carbocycles. The first-order valence-electron chi connectivity index (χ1n) is 10.0. The molecule has 1 atom stereocenters. The standard InChI is InChI=1S/C24H20F2N2O4S/c1-31-16-9-6-14(7-10-16)17-12-15(8-11-19(17)32-24(25)26)27-22(29)13-21-23(30)28-18-4-2-3-5-20(18)33-21/h2-12,21,24H,13H2,1H3,(H,27,29)(H,28,30). The van der Waals surface area contributed by atoms with E-state index < -0.39 is 11.9 Å². The zero-order valence-electron chi connectivity index (χ0n) is 17.5. The van der Waals surface area contributed by atoms with Crippen LogP contribution in [0.2, 0.25) is 0 Å². The van der Waals surface area contributed by atoms with E-state index in [4.69, 9.17) is 4.74 Å². The average molecular weight is 470 g/mol. The maximum atomic E-state index is 12.9. The molecule has 0 spiro atoms. The predicted octanol–water partition coefficient (Wildman–Crippen LogP) is 5.41. The molecule has 1 unspecified atom stereocenters. The average Bonchev–Trinajstić information content (AvgIpc) is 2.80. The van der Waals surface area contributed by atoms with Crippen molar-refractivity contribution in [3.05, 3.63) is 66.7 Å². The molecule has 1 aliphatic heterocycles. The number of halogens is 2. The quantitative estimate of drug-likeness (QED) is 0.483. The van der Waals surface area contributed by atoms with Crippen molar-refractivity contribution in [3.8, 4) is 22.6 Å². The molecule has 0 aliphatic carbocycles. The van der Waals surface area contributed by atoms with Gasteiger partial charge in [-0.3, -0.25) is 9.59 Å². The molecule has 4 rings (SSSR count). The lowest BCUT2D eigenvalue weighted by Crippen LogP contribution is -2.32. The van der Waals surface area contributed by atoms with Gasteiger partial charge in [-0.05, 0) is 48.0 Å². The van der Waals surface area contributed by atoms with Crippen molar-refractivity contribution in [1.29, 1.82) is 0 Å². The topological polar surface area (TPSA) is 76.7 Å². The number of amides is 2. The van der Waals surface area contributed by atoms with Gasteiger partial charge in [-0.1, -0.05) is 24.3 Å². The monoisotopic (exact) mass is 470 g/mol. The molecule has 0 radical (unpaired) electrons. The van der Waals surface area contributed by atoms with Crippen LogP contribution in [0.1, 0.15) is 6.42 Å². The summed E-state index contributed by atoms with van der Waals surface area (Å²) in [7, 11) is 1.53. The Kier molecular flexibility index (Phi) is 6.79. The summed E-state index contributed by atoms with van der Waals surface area (Å²) >= 11 is 1.33. The molecule has 0 fully saturated rings. The third-order valence-electron chi connectivity index (χ3n) is 4.96. The molecule has 33 heavy (non-hydrogen) atoms. The van der Waals surface area contributed by atoms with Gasteiger partial charge in [-0.2, -0.15) is 8.78 Å². The highest BCUT2D eigenvalue weighted by molar-refractivity contribution is 8.01. The van der Waals surface area contributed by atoms with Crippen molar-refractivity contribution in [2.24, 2.45) is 0 Å². The molecule has 9 heteroatoms. The first-order valence-corrected chi connectivity index (χ1v) is 10.9. The molecule has 1 heterocycles. The third kappa shape index (κ3) is 5.43. The SMILES string of the molecule is COc1ccc(-c2cc(NC(=O)CC3Sc4ccccc4NC3=O)ccc2OC(F)F)cc1. The minimum atomic E-state index is -2.99. The minimum Gasteiger partial charge on any atom is -0.497 e. The van der Waals surface area contributed by atoms with Crippen LogP contribution in [0.25, 0.3) is 11.1 Å². The highest BCUT2D eigenvalue weighted by Crippen LogP contribution is 2.37. The lowest BCUT2D eigenvalue weighted by Gasteiger charge is -2.23. The summed E-state index contributed by atoms with van der Waals surface area (Å²) in [5.41, 5.74) is 2.12. The van der Waals surface area contributed by atoms with Gasteiger partial charge in [0, 0.05) is 22.6 Å². The largest absolute Gasteiger partial charge is 0.497 e. The van der Waals surface area contributed by atoms with Gasteiger partial charge in [-0.25, -0.2) is 0 Å². The number of hydrogen-bond acceptors (Lipinski definition) is 5. The Morgan fingerprint density at radius 3 is 2.61 bits per heavy atom. The number of para-hydroxylation sites is 1. The fraction of sp³-hybridized carbons (Fsp3) is 0.167. The maximum absolute atomic E-state index is 12.9. The number of alkyl halides is 2.